The molecule has 6 nitrogen and oxygen atoms in total. The molecule has 4 fully saturated rings. The number of likely N-dealkylation sites (tertiary alicyclic amines) is 2. The van der Waals surface area contributed by atoms with E-state index < -0.39 is 0 Å². The minimum atomic E-state index is -0.267. The van der Waals surface area contributed by atoms with Crippen molar-refractivity contribution in [3.05, 3.63) is 0 Å². The van der Waals surface area contributed by atoms with Gasteiger partial charge in [0, 0.05) is 63.7 Å². The Hall–Kier alpha value is -0.690. The number of morpholine rings is 1. The first kappa shape index (κ1) is 19.6. The van der Waals surface area contributed by atoms with E-state index in [-0.39, 0.29) is 17.4 Å². The second-order valence-electron chi connectivity index (χ2n) is 9.24. The van der Waals surface area contributed by atoms with Crippen molar-refractivity contribution in [2.75, 3.05) is 65.6 Å². The van der Waals surface area contributed by atoms with Gasteiger partial charge in [0.05, 0.1) is 19.3 Å². The summed E-state index contributed by atoms with van der Waals surface area (Å²) in [7, 11) is 0. The molecule has 4 rings (SSSR count). The summed E-state index contributed by atoms with van der Waals surface area (Å²) in [5, 5.41) is 10.9. The molecule has 1 amide bonds. The third kappa shape index (κ3) is 4.50. The molecule has 3 aliphatic heterocycles. The number of carbonyl (C=O) groups is 1. The highest BCUT2D eigenvalue weighted by molar-refractivity contribution is 5.79. The molecular formula is C21H37N3O3. The summed E-state index contributed by atoms with van der Waals surface area (Å²) in [4.78, 5) is 20.1. The number of hydrogen-bond acceptors (Lipinski definition) is 5. The molecule has 0 aromatic rings. The summed E-state index contributed by atoms with van der Waals surface area (Å²) in [6.07, 6.45) is 7.20. The van der Waals surface area contributed by atoms with Gasteiger partial charge >= 0.3 is 0 Å². The van der Waals surface area contributed by atoms with Crippen LogP contribution in [-0.2, 0) is 9.53 Å². The number of nitrogens with zero attached hydrogens (tertiary/aromatic N) is 3. The van der Waals surface area contributed by atoms with E-state index in [4.69, 9.17) is 4.74 Å². The van der Waals surface area contributed by atoms with Crippen molar-refractivity contribution in [1.29, 1.82) is 0 Å². The van der Waals surface area contributed by atoms with Crippen LogP contribution in [-0.4, -0.2) is 97.4 Å². The Kier molecular flexibility index (Phi) is 6.37. The Balaban J connectivity index is 1.35. The number of rotatable bonds is 4. The Morgan fingerprint density at radius 3 is 2.44 bits per heavy atom. The maximum atomic E-state index is 13.0. The number of piperidine rings is 2. The van der Waals surface area contributed by atoms with Crippen molar-refractivity contribution in [1.82, 2.24) is 14.7 Å². The van der Waals surface area contributed by atoms with Crippen LogP contribution in [0.25, 0.3) is 0 Å². The van der Waals surface area contributed by atoms with Gasteiger partial charge in [-0.3, -0.25) is 9.69 Å². The lowest BCUT2D eigenvalue weighted by Gasteiger charge is -2.51. The average molecular weight is 380 g/mol. The molecule has 3 saturated heterocycles. The van der Waals surface area contributed by atoms with Crippen molar-refractivity contribution < 1.29 is 14.6 Å². The lowest BCUT2D eigenvalue weighted by Crippen LogP contribution is -2.60. The molecule has 0 radical (unpaired) electrons. The smallest absolute Gasteiger partial charge is 0.225 e. The van der Waals surface area contributed by atoms with Crippen molar-refractivity contribution in [2.45, 2.75) is 51.0 Å². The summed E-state index contributed by atoms with van der Waals surface area (Å²) < 4.78 is 5.45. The van der Waals surface area contributed by atoms with Crippen LogP contribution in [0.4, 0.5) is 0 Å². The van der Waals surface area contributed by atoms with E-state index in [2.05, 4.69) is 14.7 Å². The highest BCUT2D eigenvalue weighted by Gasteiger charge is 2.46. The fourth-order valence-corrected chi connectivity index (χ4v) is 5.72. The van der Waals surface area contributed by atoms with Gasteiger partial charge in [0.15, 0.2) is 0 Å². The second-order valence-corrected chi connectivity index (χ2v) is 9.24. The largest absolute Gasteiger partial charge is 0.392 e. The highest BCUT2D eigenvalue weighted by Crippen LogP contribution is 2.40. The standard InChI is InChI=1S/C21H37N3O3/c25-19-6-9-23(11-10-22-12-14-27-15-13-22)16-21(19)7-3-8-24(17-21)20(26)18-4-1-2-5-18/h18-19,25H,1-17H2/t19?,21-/m1/s1. The number of hydrogen-bond donors (Lipinski definition) is 1. The van der Waals surface area contributed by atoms with Crippen LogP contribution < -0.4 is 0 Å². The van der Waals surface area contributed by atoms with Gasteiger partial charge in [0.25, 0.3) is 0 Å². The van der Waals surface area contributed by atoms with Gasteiger partial charge in [-0.25, -0.2) is 0 Å². The number of amides is 1. The molecule has 4 aliphatic rings. The number of carbonyl (C=O) groups excluding carboxylic acids is 1. The van der Waals surface area contributed by atoms with Crippen LogP contribution in [0.2, 0.25) is 0 Å². The fourth-order valence-electron chi connectivity index (χ4n) is 5.72. The lowest BCUT2D eigenvalue weighted by molar-refractivity contribution is -0.145. The van der Waals surface area contributed by atoms with Crippen molar-refractivity contribution in [2.24, 2.45) is 11.3 Å². The minimum absolute atomic E-state index is 0.115. The summed E-state index contributed by atoms with van der Waals surface area (Å²) in [5.74, 6) is 0.613. The first-order valence-corrected chi connectivity index (χ1v) is 11.2. The number of ether oxygens (including phenoxy) is 1. The summed E-state index contributed by atoms with van der Waals surface area (Å²) in [6, 6.07) is 0. The van der Waals surface area contributed by atoms with Gasteiger partial charge in [-0.2, -0.15) is 0 Å². The van der Waals surface area contributed by atoms with E-state index in [1.165, 1.54) is 12.8 Å². The third-order valence-electron chi connectivity index (χ3n) is 7.42. The molecule has 1 spiro atoms. The Morgan fingerprint density at radius 1 is 0.926 bits per heavy atom. The molecule has 2 atom stereocenters. The van der Waals surface area contributed by atoms with E-state index in [1.54, 1.807) is 0 Å². The van der Waals surface area contributed by atoms with E-state index in [0.717, 1.165) is 97.7 Å². The summed E-state index contributed by atoms with van der Waals surface area (Å²) >= 11 is 0. The molecule has 1 saturated carbocycles. The quantitative estimate of drug-likeness (QED) is 0.795. The zero-order valence-corrected chi connectivity index (χ0v) is 16.8. The first-order valence-electron chi connectivity index (χ1n) is 11.2. The Bertz CT molecular complexity index is 505. The van der Waals surface area contributed by atoms with Crippen molar-refractivity contribution >= 4 is 5.91 Å². The second kappa shape index (κ2) is 8.76. The zero-order valence-electron chi connectivity index (χ0n) is 16.8. The molecule has 1 aliphatic carbocycles. The minimum Gasteiger partial charge on any atom is -0.392 e. The average Bonchev–Trinajstić information content (AvgIpc) is 3.24. The van der Waals surface area contributed by atoms with E-state index >= 15 is 0 Å². The van der Waals surface area contributed by atoms with Gasteiger partial charge in [-0.1, -0.05) is 12.8 Å². The number of aliphatic hydroxyl groups is 1. The van der Waals surface area contributed by atoms with Crippen LogP contribution in [0.5, 0.6) is 0 Å². The Morgan fingerprint density at radius 2 is 1.67 bits per heavy atom. The topological polar surface area (TPSA) is 56.3 Å². The van der Waals surface area contributed by atoms with Crippen LogP contribution in [0, 0.1) is 11.3 Å². The maximum absolute atomic E-state index is 13.0. The summed E-state index contributed by atoms with van der Waals surface area (Å²) in [6.45, 7) is 9.47. The number of aliphatic hydroxyl groups excluding tert-OH is 1. The Labute approximate surface area is 163 Å². The van der Waals surface area contributed by atoms with E-state index in [9.17, 15) is 9.90 Å². The molecule has 0 aromatic carbocycles. The molecule has 0 aromatic heterocycles. The van der Waals surface area contributed by atoms with Gasteiger partial charge in [0.2, 0.25) is 5.91 Å². The fraction of sp³-hybridized carbons (Fsp3) is 0.952. The molecule has 154 valence electrons. The SMILES string of the molecule is O=C(C1CCCC1)N1CCC[C@@]2(CN(CCN3CCOCC3)CCC2O)C1. The van der Waals surface area contributed by atoms with E-state index in [0.29, 0.717) is 5.91 Å². The van der Waals surface area contributed by atoms with E-state index in [1.807, 2.05) is 0 Å². The van der Waals surface area contributed by atoms with Crippen LogP contribution in [0.15, 0.2) is 0 Å². The lowest BCUT2D eigenvalue weighted by atomic mass is 9.71. The van der Waals surface area contributed by atoms with Crippen molar-refractivity contribution in [3.63, 3.8) is 0 Å². The summed E-state index contributed by atoms with van der Waals surface area (Å²) in [5.41, 5.74) is -0.115. The third-order valence-corrected chi connectivity index (χ3v) is 7.42. The van der Waals surface area contributed by atoms with Gasteiger partial charge < -0.3 is 19.6 Å². The van der Waals surface area contributed by atoms with Crippen LogP contribution in [0.3, 0.4) is 0 Å². The monoisotopic (exact) mass is 379 g/mol. The maximum Gasteiger partial charge on any atom is 0.225 e. The molecule has 3 heterocycles. The molecule has 1 N–H and O–H groups in total. The first-order chi connectivity index (χ1) is 13.2. The predicted molar refractivity (Wildman–Crippen MR) is 105 cm³/mol. The van der Waals surface area contributed by atoms with Gasteiger partial charge in [0.1, 0.15) is 0 Å². The molecular weight excluding hydrogens is 342 g/mol. The van der Waals surface area contributed by atoms with Crippen LogP contribution in [0.1, 0.15) is 44.9 Å². The van der Waals surface area contributed by atoms with Crippen LogP contribution >= 0.6 is 0 Å². The highest BCUT2D eigenvalue weighted by atomic mass is 16.5. The van der Waals surface area contributed by atoms with Crippen molar-refractivity contribution in [3.8, 4) is 0 Å². The molecule has 1 unspecified atom stereocenters. The normalized spacial score (nSPS) is 34.4. The molecule has 6 heteroatoms. The van der Waals surface area contributed by atoms with Gasteiger partial charge in [-0.05, 0) is 32.1 Å². The molecule has 0 bridgehead atoms. The predicted octanol–water partition coefficient (Wildman–Crippen LogP) is 1.18. The molecule has 27 heavy (non-hydrogen) atoms. The zero-order chi connectivity index (χ0) is 18.7. The van der Waals surface area contributed by atoms with Gasteiger partial charge in [-0.15, -0.1) is 0 Å².